The van der Waals surface area contributed by atoms with E-state index in [1.807, 2.05) is 36.1 Å². The van der Waals surface area contributed by atoms with Crippen LogP contribution in [0.3, 0.4) is 0 Å². The van der Waals surface area contributed by atoms with Gasteiger partial charge in [-0.3, -0.25) is 9.59 Å². The van der Waals surface area contributed by atoms with Crippen LogP contribution >= 0.6 is 0 Å². The van der Waals surface area contributed by atoms with Crippen molar-refractivity contribution in [2.24, 2.45) is 0 Å². The lowest BCUT2D eigenvalue weighted by Gasteiger charge is -2.35. The Morgan fingerprint density at radius 2 is 1.77 bits per heavy atom. The standard InChI is InChI=1S/C19H23N5O2/c1-14-5-3-4-6-15(14)13-18(25)24-11-9-23(10-12-24)17-8-7-16(21-22-17)19(26)20-2/h3-8H,9-13H2,1-2H3,(H,20,26). The number of aryl methyl sites for hydroxylation is 1. The van der Waals surface area contributed by atoms with Crippen molar-refractivity contribution in [3.8, 4) is 0 Å². The van der Waals surface area contributed by atoms with Crippen LogP contribution in [0.1, 0.15) is 21.6 Å². The number of hydrogen-bond donors (Lipinski definition) is 1. The number of aromatic nitrogens is 2. The molecule has 7 nitrogen and oxygen atoms in total. The Bertz CT molecular complexity index is 783. The molecule has 0 radical (unpaired) electrons. The van der Waals surface area contributed by atoms with Crippen LogP contribution in [0, 0.1) is 6.92 Å². The van der Waals surface area contributed by atoms with Crippen molar-refractivity contribution in [3.05, 3.63) is 53.2 Å². The van der Waals surface area contributed by atoms with Gasteiger partial charge in [0.05, 0.1) is 6.42 Å². The minimum absolute atomic E-state index is 0.153. The fourth-order valence-corrected chi connectivity index (χ4v) is 3.01. The molecule has 0 spiro atoms. The molecule has 136 valence electrons. The van der Waals surface area contributed by atoms with Crippen molar-refractivity contribution >= 4 is 17.6 Å². The highest BCUT2D eigenvalue weighted by atomic mass is 16.2. The van der Waals surface area contributed by atoms with Gasteiger partial charge in [-0.05, 0) is 30.2 Å². The van der Waals surface area contributed by atoms with E-state index in [4.69, 9.17) is 0 Å². The average molecular weight is 353 g/mol. The Morgan fingerprint density at radius 3 is 2.38 bits per heavy atom. The summed E-state index contributed by atoms with van der Waals surface area (Å²) in [5.41, 5.74) is 2.52. The second-order valence-corrected chi connectivity index (χ2v) is 6.33. The van der Waals surface area contributed by atoms with Crippen molar-refractivity contribution in [1.29, 1.82) is 0 Å². The van der Waals surface area contributed by atoms with Crippen LogP contribution in [-0.2, 0) is 11.2 Å². The number of rotatable bonds is 4. The Kier molecular flexibility index (Phi) is 5.46. The molecule has 0 atom stereocenters. The lowest BCUT2D eigenvalue weighted by Crippen LogP contribution is -2.49. The van der Waals surface area contributed by atoms with E-state index >= 15 is 0 Å². The molecule has 2 heterocycles. The third-order valence-corrected chi connectivity index (χ3v) is 4.67. The molecular weight excluding hydrogens is 330 g/mol. The minimum Gasteiger partial charge on any atom is -0.354 e. The molecule has 0 unspecified atom stereocenters. The summed E-state index contributed by atoms with van der Waals surface area (Å²) in [5, 5.41) is 10.6. The Morgan fingerprint density at radius 1 is 1.04 bits per heavy atom. The first-order valence-electron chi connectivity index (χ1n) is 8.71. The predicted octanol–water partition coefficient (Wildman–Crippen LogP) is 1.04. The Balaban J connectivity index is 1.56. The predicted molar refractivity (Wildman–Crippen MR) is 99.1 cm³/mol. The van der Waals surface area contributed by atoms with Crippen LogP contribution in [0.2, 0.25) is 0 Å². The smallest absolute Gasteiger partial charge is 0.271 e. The maximum Gasteiger partial charge on any atom is 0.271 e. The van der Waals surface area contributed by atoms with Gasteiger partial charge in [0, 0.05) is 33.2 Å². The number of piperazine rings is 1. The van der Waals surface area contributed by atoms with E-state index in [0.717, 1.165) is 16.9 Å². The largest absolute Gasteiger partial charge is 0.354 e. The minimum atomic E-state index is -0.254. The van der Waals surface area contributed by atoms with Gasteiger partial charge in [-0.15, -0.1) is 10.2 Å². The van der Waals surface area contributed by atoms with E-state index in [2.05, 4.69) is 20.4 Å². The van der Waals surface area contributed by atoms with E-state index in [1.165, 1.54) is 0 Å². The lowest BCUT2D eigenvalue weighted by atomic mass is 10.1. The summed E-state index contributed by atoms with van der Waals surface area (Å²) >= 11 is 0. The van der Waals surface area contributed by atoms with Crippen molar-refractivity contribution in [2.75, 3.05) is 38.1 Å². The van der Waals surface area contributed by atoms with Crippen LogP contribution in [0.4, 0.5) is 5.82 Å². The molecule has 1 fully saturated rings. The molecule has 0 aliphatic carbocycles. The molecule has 3 rings (SSSR count). The summed E-state index contributed by atoms with van der Waals surface area (Å²) < 4.78 is 0. The van der Waals surface area contributed by atoms with Crippen LogP contribution in [0.15, 0.2) is 36.4 Å². The summed E-state index contributed by atoms with van der Waals surface area (Å²) in [6, 6.07) is 11.4. The highest BCUT2D eigenvalue weighted by Gasteiger charge is 2.22. The van der Waals surface area contributed by atoms with Crippen molar-refractivity contribution in [2.45, 2.75) is 13.3 Å². The van der Waals surface area contributed by atoms with E-state index < -0.39 is 0 Å². The zero-order valence-electron chi connectivity index (χ0n) is 15.1. The highest BCUT2D eigenvalue weighted by molar-refractivity contribution is 5.91. The summed E-state index contributed by atoms with van der Waals surface area (Å²) in [5.74, 6) is 0.624. The van der Waals surface area contributed by atoms with Crippen molar-refractivity contribution in [3.63, 3.8) is 0 Å². The normalized spacial score (nSPS) is 14.2. The number of amides is 2. The number of hydrogen-bond acceptors (Lipinski definition) is 5. The molecule has 2 aromatic rings. The molecule has 1 saturated heterocycles. The molecular formula is C19H23N5O2. The Labute approximate surface area is 153 Å². The number of nitrogens with one attached hydrogen (secondary N) is 1. The average Bonchev–Trinajstić information content (AvgIpc) is 2.69. The fraction of sp³-hybridized carbons (Fsp3) is 0.368. The Hall–Kier alpha value is -2.96. The fourth-order valence-electron chi connectivity index (χ4n) is 3.01. The summed E-state index contributed by atoms with van der Waals surface area (Å²) in [7, 11) is 1.56. The summed E-state index contributed by atoms with van der Waals surface area (Å²) in [6.45, 7) is 4.75. The van der Waals surface area contributed by atoms with Crippen LogP contribution < -0.4 is 10.2 Å². The first-order valence-corrected chi connectivity index (χ1v) is 8.71. The molecule has 1 aliphatic rings. The maximum absolute atomic E-state index is 12.6. The molecule has 1 aromatic heterocycles. The van der Waals surface area contributed by atoms with Crippen LogP contribution in [0.5, 0.6) is 0 Å². The highest BCUT2D eigenvalue weighted by Crippen LogP contribution is 2.15. The molecule has 7 heteroatoms. The molecule has 1 aliphatic heterocycles. The molecule has 0 saturated carbocycles. The van der Waals surface area contributed by atoms with Gasteiger partial charge in [-0.2, -0.15) is 0 Å². The van der Waals surface area contributed by atoms with Gasteiger partial charge >= 0.3 is 0 Å². The first-order chi connectivity index (χ1) is 12.6. The second-order valence-electron chi connectivity index (χ2n) is 6.33. The molecule has 1 aromatic carbocycles. The summed E-state index contributed by atoms with van der Waals surface area (Å²) in [6.07, 6.45) is 0.438. The monoisotopic (exact) mass is 353 g/mol. The lowest BCUT2D eigenvalue weighted by molar-refractivity contribution is -0.130. The van der Waals surface area contributed by atoms with E-state index in [1.54, 1.807) is 19.2 Å². The molecule has 2 amide bonds. The third-order valence-electron chi connectivity index (χ3n) is 4.67. The van der Waals surface area contributed by atoms with Gasteiger partial charge in [0.1, 0.15) is 0 Å². The third kappa shape index (κ3) is 3.99. The molecule has 26 heavy (non-hydrogen) atoms. The number of carbonyl (C=O) groups is 2. The van der Waals surface area contributed by atoms with Gasteiger partial charge in [-0.1, -0.05) is 24.3 Å². The molecule has 0 bridgehead atoms. The van der Waals surface area contributed by atoms with E-state index in [-0.39, 0.29) is 11.8 Å². The quantitative estimate of drug-likeness (QED) is 0.888. The SMILES string of the molecule is CNC(=O)c1ccc(N2CCN(C(=O)Cc3ccccc3C)CC2)nn1. The second kappa shape index (κ2) is 7.95. The van der Waals surface area contributed by atoms with E-state index in [0.29, 0.717) is 38.3 Å². The van der Waals surface area contributed by atoms with Gasteiger partial charge in [0.2, 0.25) is 5.91 Å². The van der Waals surface area contributed by atoms with E-state index in [9.17, 15) is 9.59 Å². The first kappa shape index (κ1) is 17.8. The molecule has 1 N–H and O–H groups in total. The van der Waals surface area contributed by atoms with Gasteiger partial charge in [0.15, 0.2) is 11.5 Å². The number of anilines is 1. The van der Waals surface area contributed by atoms with Crippen molar-refractivity contribution in [1.82, 2.24) is 20.4 Å². The van der Waals surface area contributed by atoms with Crippen molar-refractivity contribution < 1.29 is 9.59 Å². The zero-order valence-corrected chi connectivity index (χ0v) is 15.1. The zero-order chi connectivity index (χ0) is 18.5. The number of benzene rings is 1. The van der Waals surface area contributed by atoms with Gasteiger partial charge < -0.3 is 15.1 Å². The number of nitrogens with zero attached hydrogens (tertiary/aromatic N) is 4. The summed E-state index contributed by atoms with van der Waals surface area (Å²) in [4.78, 5) is 28.1. The van der Waals surface area contributed by atoms with Crippen LogP contribution in [0.25, 0.3) is 0 Å². The van der Waals surface area contributed by atoms with Gasteiger partial charge in [0.25, 0.3) is 5.91 Å². The van der Waals surface area contributed by atoms with Crippen LogP contribution in [-0.4, -0.2) is 60.1 Å². The number of carbonyl (C=O) groups excluding carboxylic acids is 2. The maximum atomic E-state index is 12.6. The van der Waals surface area contributed by atoms with Gasteiger partial charge in [-0.25, -0.2) is 0 Å². The topological polar surface area (TPSA) is 78.4 Å².